The lowest BCUT2D eigenvalue weighted by Crippen LogP contribution is -2.39. The van der Waals surface area contributed by atoms with Gasteiger partial charge in [0.25, 0.3) is 0 Å². The van der Waals surface area contributed by atoms with Crippen molar-refractivity contribution in [3.8, 4) is 0 Å². The lowest BCUT2D eigenvalue weighted by Gasteiger charge is -2.32. The average molecular weight is 171 g/mol. The van der Waals surface area contributed by atoms with Crippen LogP contribution in [-0.2, 0) is 4.74 Å². The molecule has 2 atom stereocenters. The first-order valence-corrected chi connectivity index (χ1v) is 4.28. The minimum absolute atomic E-state index is 0.211. The first kappa shape index (κ1) is 8.05. The van der Waals surface area contributed by atoms with E-state index in [0.717, 1.165) is 0 Å². The first-order chi connectivity index (χ1) is 5.52. The summed E-state index contributed by atoms with van der Waals surface area (Å²) in [5, 5.41) is 0. The fraction of sp³-hybridized carbons (Fsp3) is 0.778. The molecule has 2 aliphatic rings. The van der Waals surface area contributed by atoms with Gasteiger partial charge in [-0.05, 0) is 13.8 Å². The fourth-order valence-corrected chi connectivity index (χ4v) is 2.16. The predicted octanol–water partition coefficient (Wildman–Crippen LogP) is 1.68. The SMILES string of the molecule is C=C1[C@@H](F)CC2COC(C)(C)N12. The van der Waals surface area contributed by atoms with Gasteiger partial charge in [-0.1, -0.05) is 6.58 Å². The Hall–Kier alpha value is -0.570. The van der Waals surface area contributed by atoms with Crippen LogP contribution in [0.5, 0.6) is 0 Å². The molecule has 68 valence electrons. The third-order valence-corrected chi connectivity index (χ3v) is 2.72. The molecule has 12 heavy (non-hydrogen) atoms. The van der Waals surface area contributed by atoms with Gasteiger partial charge in [0.05, 0.1) is 12.6 Å². The van der Waals surface area contributed by atoms with Crippen LogP contribution in [0.25, 0.3) is 0 Å². The molecule has 2 aliphatic heterocycles. The summed E-state index contributed by atoms with van der Waals surface area (Å²) in [6, 6.07) is 0.211. The van der Waals surface area contributed by atoms with E-state index in [1.54, 1.807) is 0 Å². The Morgan fingerprint density at radius 3 is 2.92 bits per heavy atom. The molecule has 0 aromatic carbocycles. The standard InChI is InChI=1S/C9H14FNO/c1-6-8(10)4-7-5-12-9(2,3)11(6)7/h7-8H,1,4-5H2,2-3H3/t7?,8-/m0/s1. The maximum absolute atomic E-state index is 13.2. The third-order valence-electron chi connectivity index (χ3n) is 2.72. The maximum atomic E-state index is 13.2. The molecule has 0 spiro atoms. The second kappa shape index (κ2) is 2.22. The summed E-state index contributed by atoms with van der Waals surface area (Å²) in [6.45, 7) is 8.28. The zero-order chi connectivity index (χ0) is 8.93. The van der Waals surface area contributed by atoms with Crippen LogP contribution in [0.4, 0.5) is 4.39 Å². The Bertz CT molecular complexity index is 227. The van der Waals surface area contributed by atoms with Gasteiger partial charge < -0.3 is 9.64 Å². The van der Waals surface area contributed by atoms with Crippen LogP contribution >= 0.6 is 0 Å². The molecule has 0 aliphatic carbocycles. The molecule has 0 saturated carbocycles. The molecule has 0 N–H and O–H groups in total. The fourth-order valence-electron chi connectivity index (χ4n) is 2.16. The lowest BCUT2D eigenvalue weighted by atomic mass is 10.2. The first-order valence-electron chi connectivity index (χ1n) is 4.28. The Morgan fingerprint density at radius 2 is 2.33 bits per heavy atom. The van der Waals surface area contributed by atoms with Gasteiger partial charge >= 0.3 is 0 Å². The molecule has 2 saturated heterocycles. The van der Waals surface area contributed by atoms with Crippen molar-refractivity contribution in [1.82, 2.24) is 4.90 Å². The molecule has 0 radical (unpaired) electrons. The van der Waals surface area contributed by atoms with E-state index in [0.29, 0.717) is 18.7 Å². The summed E-state index contributed by atoms with van der Waals surface area (Å²) >= 11 is 0. The van der Waals surface area contributed by atoms with Crippen LogP contribution in [-0.4, -0.2) is 29.4 Å². The van der Waals surface area contributed by atoms with Gasteiger partial charge in [-0.2, -0.15) is 0 Å². The minimum atomic E-state index is -0.863. The van der Waals surface area contributed by atoms with Crippen molar-refractivity contribution in [2.24, 2.45) is 0 Å². The van der Waals surface area contributed by atoms with Crippen LogP contribution < -0.4 is 0 Å². The molecular weight excluding hydrogens is 157 g/mol. The Kier molecular flexibility index (Phi) is 1.49. The summed E-state index contributed by atoms with van der Waals surface area (Å²) in [5.41, 5.74) is 0.227. The minimum Gasteiger partial charge on any atom is -0.354 e. The van der Waals surface area contributed by atoms with Crippen molar-refractivity contribution in [3.05, 3.63) is 12.3 Å². The van der Waals surface area contributed by atoms with Gasteiger partial charge in [0.2, 0.25) is 0 Å². The van der Waals surface area contributed by atoms with Crippen LogP contribution in [0.2, 0.25) is 0 Å². The third kappa shape index (κ3) is 0.891. The molecule has 0 bridgehead atoms. The number of alkyl halides is 1. The number of ether oxygens (including phenoxy) is 1. The zero-order valence-electron chi connectivity index (χ0n) is 7.51. The number of nitrogens with zero attached hydrogens (tertiary/aromatic N) is 1. The molecule has 2 nitrogen and oxygen atoms in total. The van der Waals surface area contributed by atoms with Crippen molar-refractivity contribution < 1.29 is 9.13 Å². The highest BCUT2D eigenvalue weighted by molar-refractivity contribution is 5.15. The second-order valence-corrected chi connectivity index (χ2v) is 3.98. The lowest BCUT2D eigenvalue weighted by molar-refractivity contribution is -0.0371. The monoisotopic (exact) mass is 171 g/mol. The Morgan fingerprint density at radius 1 is 1.67 bits per heavy atom. The number of hydrogen-bond donors (Lipinski definition) is 0. The molecule has 0 aromatic rings. The van der Waals surface area contributed by atoms with Gasteiger partial charge in [-0.15, -0.1) is 0 Å². The summed E-state index contributed by atoms with van der Waals surface area (Å²) in [5.74, 6) is 0. The molecule has 1 unspecified atom stereocenters. The van der Waals surface area contributed by atoms with Crippen LogP contribution in [0.15, 0.2) is 12.3 Å². The van der Waals surface area contributed by atoms with Gasteiger partial charge in [-0.3, -0.25) is 0 Å². The van der Waals surface area contributed by atoms with Crippen molar-refractivity contribution >= 4 is 0 Å². The highest BCUT2D eigenvalue weighted by atomic mass is 19.1. The molecule has 0 amide bonds. The quantitative estimate of drug-likeness (QED) is 0.549. The van der Waals surface area contributed by atoms with Gasteiger partial charge in [0.1, 0.15) is 11.9 Å². The molecular formula is C9H14FNO. The molecule has 3 heteroatoms. The Labute approximate surface area is 72.0 Å². The smallest absolute Gasteiger partial charge is 0.141 e. The van der Waals surface area contributed by atoms with Crippen molar-refractivity contribution in [1.29, 1.82) is 0 Å². The molecule has 0 aromatic heterocycles. The maximum Gasteiger partial charge on any atom is 0.141 e. The van der Waals surface area contributed by atoms with E-state index in [1.807, 2.05) is 18.7 Å². The van der Waals surface area contributed by atoms with Gasteiger partial charge in [0.15, 0.2) is 0 Å². The van der Waals surface area contributed by atoms with E-state index in [-0.39, 0.29) is 11.8 Å². The van der Waals surface area contributed by atoms with Gasteiger partial charge in [0, 0.05) is 12.1 Å². The molecule has 2 heterocycles. The molecule has 2 rings (SSSR count). The highest BCUT2D eigenvalue weighted by Gasteiger charge is 2.48. The van der Waals surface area contributed by atoms with Crippen LogP contribution in [0.3, 0.4) is 0 Å². The van der Waals surface area contributed by atoms with Crippen LogP contribution in [0.1, 0.15) is 20.3 Å². The summed E-state index contributed by atoms with van der Waals surface area (Å²) in [7, 11) is 0. The highest BCUT2D eigenvalue weighted by Crippen LogP contribution is 2.40. The number of halogens is 1. The van der Waals surface area contributed by atoms with Crippen molar-refractivity contribution in [2.75, 3.05) is 6.61 Å². The van der Waals surface area contributed by atoms with Crippen LogP contribution in [0, 0.1) is 0 Å². The van der Waals surface area contributed by atoms with Crippen molar-refractivity contribution in [2.45, 2.75) is 38.2 Å². The topological polar surface area (TPSA) is 12.5 Å². The Balaban J connectivity index is 2.27. The van der Waals surface area contributed by atoms with Crippen molar-refractivity contribution in [3.63, 3.8) is 0 Å². The number of allylic oxidation sites excluding steroid dienone is 1. The largest absolute Gasteiger partial charge is 0.354 e. The summed E-state index contributed by atoms with van der Waals surface area (Å²) in [6.07, 6.45) is -0.319. The predicted molar refractivity (Wildman–Crippen MR) is 44.3 cm³/mol. The zero-order valence-corrected chi connectivity index (χ0v) is 7.51. The van der Waals surface area contributed by atoms with E-state index in [2.05, 4.69) is 6.58 Å². The van der Waals surface area contributed by atoms with E-state index < -0.39 is 6.17 Å². The van der Waals surface area contributed by atoms with E-state index >= 15 is 0 Å². The molecule has 2 fully saturated rings. The van der Waals surface area contributed by atoms with Gasteiger partial charge in [-0.25, -0.2) is 4.39 Å². The van der Waals surface area contributed by atoms with E-state index in [1.165, 1.54) is 0 Å². The number of rotatable bonds is 0. The van der Waals surface area contributed by atoms with E-state index in [4.69, 9.17) is 4.74 Å². The second-order valence-electron chi connectivity index (χ2n) is 3.98. The number of hydrogen-bond acceptors (Lipinski definition) is 2. The average Bonchev–Trinajstić information content (AvgIpc) is 2.39. The number of fused-ring (bicyclic) bond motifs is 1. The summed E-state index contributed by atoms with van der Waals surface area (Å²) in [4.78, 5) is 1.97. The van der Waals surface area contributed by atoms with E-state index in [9.17, 15) is 4.39 Å². The summed E-state index contributed by atoms with van der Waals surface area (Å²) < 4.78 is 18.7. The normalized spacial score (nSPS) is 38.9.